The van der Waals surface area contributed by atoms with Gasteiger partial charge in [0, 0.05) is 41.1 Å². The second-order valence-electron chi connectivity index (χ2n) is 7.05. The maximum Gasteiger partial charge on any atom is 0.319 e. The normalized spacial score (nSPS) is 10.8. The van der Waals surface area contributed by atoms with Gasteiger partial charge in [0.25, 0.3) is 5.69 Å². The number of nitrogens with one attached hydrogen (secondary N) is 3. The van der Waals surface area contributed by atoms with Crippen molar-refractivity contribution in [1.82, 2.24) is 10.3 Å². The summed E-state index contributed by atoms with van der Waals surface area (Å²) in [6, 6.07) is 14.1. The molecule has 2 amide bonds. The fourth-order valence-corrected chi connectivity index (χ4v) is 2.99. The molecule has 0 aliphatic carbocycles. The second-order valence-corrected chi connectivity index (χ2v) is 7.05. The molecule has 0 bridgehead atoms. The molecular formula is C21H23N5O3. The Balaban J connectivity index is 1.75. The van der Waals surface area contributed by atoms with Crippen LogP contribution in [0.2, 0.25) is 0 Å². The highest BCUT2D eigenvalue weighted by molar-refractivity contribution is 5.96. The first-order chi connectivity index (χ1) is 13.8. The number of nitro benzene ring substituents is 1. The maximum absolute atomic E-state index is 11.8. The molecule has 2 aromatic carbocycles. The molecule has 1 heterocycles. The topological polar surface area (TPSA) is 109 Å². The Morgan fingerprint density at radius 2 is 1.90 bits per heavy atom. The summed E-state index contributed by atoms with van der Waals surface area (Å²) in [4.78, 5) is 27.0. The fourth-order valence-electron chi connectivity index (χ4n) is 2.99. The summed E-state index contributed by atoms with van der Waals surface area (Å²) >= 11 is 0. The van der Waals surface area contributed by atoms with Gasteiger partial charge in [0.05, 0.1) is 4.92 Å². The number of amides is 2. The van der Waals surface area contributed by atoms with Crippen molar-refractivity contribution in [2.45, 2.75) is 33.4 Å². The van der Waals surface area contributed by atoms with Crippen molar-refractivity contribution in [3.63, 3.8) is 0 Å². The summed E-state index contributed by atoms with van der Waals surface area (Å²) in [7, 11) is 0. The number of rotatable bonds is 6. The molecule has 1 aromatic heterocycles. The minimum Gasteiger partial charge on any atom is -0.380 e. The van der Waals surface area contributed by atoms with Gasteiger partial charge in [-0.1, -0.05) is 24.3 Å². The molecule has 0 radical (unpaired) electrons. The summed E-state index contributed by atoms with van der Waals surface area (Å²) in [5.74, 6) is 0. The van der Waals surface area contributed by atoms with Crippen LogP contribution in [0, 0.1) is 17.0 Å². The molecule has 0 spiro atoms. The number of hydrogen-bond donors (Lipinski definition) is 3. The Hall–Kier alpha value is -3.68. The highest BCUT2D eigenvalue weighted by Gasteiger charge is 2.15. The van der Waals surface area contributed by atoms with Crippen molar-refractivity contribution in [1.29, 1.82) is 0 Å². The van der Waals surface area contributed by atoms with E-state index in [1.807, 2.05) is 57.2 Å². The first-order valence-electron chi connectivity index (χ1n) is 9.28. The number of para-hydroxylation sites is 1. The monoisotopic (exact) mass is 393 g/mol. The number of carbonyl (C=O) groups is 1. The van der Waals surface area contributed by atoms with Gasteiger partial charge in [-0.25, -0.2) is 9.78 Å². The summed E-state index contributed by atoms with van der Waals surface area (Å²) in [6.45, 7) is 6.13. The van der Waals surface area contributed by atoms with Gasteiger partial charge in [-0.15, -0.1) is 0 Å². The minimum atomic E-state index is -0.417. The number of nitro groups is 1. The molecule has 0 saturated heterocycles. The largest absolute Gasteiger partial charge is 0.380 e. The molecule has 3 N–H and O–H groups in total. The summed E-state index contributed by atoms with van der Waals surface area (Å²) < 4.78 is 0. The number of fused-ring (bicyclic) bond motifs is 1. The van der Waals surface area contributed by atoms with Crippen LogP contribution in [0.5, 0.6) is 0 Å². The van der Waals surface area contributed by atoms with Crippen LogP contribution < -0.4 is 16.0 Å². The first-order valence-corrected chi connectivity index (χ1v) is 9.28. The standard InChI is InChI=1S/C21H23N5O3/c1-13(2)23-21(27)25-16-9-7-15(8-10-16)12-22-18-11-14(3)24-20-17(18)5-4-6-19(20)26(28)29/h4-11,13H,12H2,1-3H3,(H,22,24)(H2,23,25,27). The van der Waals surface area contributed by atoms with Gasteiger partial charge < -0.3 is 16.0 Å². The average molecular weight is 393 g/mol. The van der Waals surface area contributed by atoms with Gasteiger partial charge in [-0.05, 0) is 44.5 Å². The zero-order chi connectivity index (χ0) is 21.0. The van der Waals surface area contributed by atoms with Crippen molar-refractivity contribution >= 4 is 34.0 Å². The predicted molar refractivity (Wildman–Crippen MR) is 114 cm³/mol. The highest BCUT2D eigenvalue weighted by atomic mass is 16.6. The number of urea groups is 1. The van der Waals surface area contributed by atoms with Crippen LogP contribution in [0.15, 0.2) is 48.5 Å². The number of pyridine rings is 1. The van der Waals surface area contributed by atoms with Gasteiger partial charge in [-0.3, -0.25) is 10.1 Å². The molecule has 29 heavy (non-hydrogen) atoms. The minimum absolute atomic E-state index is 0.00986. The van der Waals surface area contributed by atoms with Gasteiger partial charge >= 0.3 is 6.03 Å². The Morgan fingerprint density at radius 3 is 2.55 bits per heavy atom. The molecular weight excluding hydrogens is 370 g/mol. The van der Waals surface area contributed by atoms with Crippen LogP contribution in [0.4, 0.5) is 21.9 Å². The molecule has 8 heteroatoms. The molecule has 0 fully saturated rings. The third-order valence-electron chi connectivity index (χ3n) is 4.26. The van der Waals surface area contributed by atoms with E-state index in [0.717, 1.165) is 11.3 Å². The Bertz CT molecular complexity index is 1050. The molecule has 0 saturated carbocycles. The quantitative estimate of drug-likeness (QED) is 0.419. The molecule has 0 aliphatic heterocycles. The van der Waals surface area contributed by atoms with Crippen molar-refractivity contribution < 1.29 is 9.72 Å². The molecule has 0 unspecified atom stereocenters. The SMILES string of the molecule is Cc1cc(NCc2ccc(NC(=O)NC(C)C)cc2)c2cccc([N+](=O)[O-])c2n1. The molecule has 150 valence electrons. The summed E-state index contributed by atoms with van der Waals surface area (Å²) in [5.41, 5.74) is 3.56. The number of aromatic nitrogens is 1. The van der Waals surface area contributed by atoms with E-state index in [-0.39, 0.29) is 17.8 Å². The molecule has 3 aromatic rings. The van der Waals surface area contributed by atoms with E-state index in [9.17, 15) is 14.9 Å². The second kappa shape index (κ2) is 8.55. The molecule has 8 nitrogen and oxygen atoms in total. The van der Waals surface area contributed by atoms with E-state index >= 15 is 0 Å². The number of carbonyl (C=O) groups excluding carboxylic acids is 1. The number of anilines is 2. The van der Waals surface area contributed by atoms with Crippen LogP contribution in [-0.2, 0) is 6.54 Å². The molecule has 3 rings (SSSR count). The van der Waals surface area contributed by atoms with Crippen LogP contribution in [0.1, 0.15) is 25.1 Å². The Labute approximate surface area is 168 Å². The first kappa shape index (κ1) is 20.1. The van der Waals surface area contributed by atoms with Crippen LogP contribution in [0.3, 0.4) is 0 Å². The highest BCUT2D eigenvalue weighted by Crippen LogP contribution is 2.30. The molecule has 0 aliphatic rings. The zero-order valence-electron chi connectivity index (χ0n) is 16.5. The van der Waals surface area contributed by atoms with Crippen LogP contribution in [0.25, 0.3) is 10.9 Å². The van der Waals surface area contributed by atoms with E-state index in [0.29, 0.717) is 28.8 Å². The van der Waals surface area contributed by atoms with Crippen LogP contribution >= 0.6 is 0 Å². The van der Waals surface area contributed by atoms with Crippen molar-refractivity contribution in [3.05, 3.63) is 69.9 Å². The number of hydrogen-bond acceptors (Lipinski definition) is 5. The maximum atomic E-state index is 11.8. The summed E-state index contributed by atoms with van der Waals surface area (Å²) in [6.07, 6.45) is 0. The lowest BCUT2D eigenvalue weighted by atomic mass is 10.1. The lowest BCUT2D eigenvalue weighted by Gasteiger charge is -2.12. The predicted octanol–water partition coefficient (Wildman–Crippen LogP) is 4.59. The van der Waals surface area contributed by atoms with E-state index in [4.69, 9.17) is 0 Å². The summed E-state index contributed by atoms with van der Waals surface area (Å²) in [5, 5.41) is 20.9. The number of non-ortho nitro benzene ring substituents is 1. The van der Waals surface area contributed by atoms with Gasteiger partial charge in [-0.2, -0.15) is 0 Å². The molecule has 0 atom stereocenters. The fraction of sp³-hybridized carbons (Fsp3) is 0.238. The lowest BCUT2D eigenvalue weighted by Crippen LogP contribution is -2.34. The zero-order valence-corrected chi connectivity index (χ0v) is 16.5. The van der Waals surface area contributed by atoms with Crippen molar-refractivity contribution in [3.8, 4) is 0 Å². The Kier molecular flexibility index (Phi) is 5.92. The van der Waals surface area contributed by atoms with Gasteiger partial charge in [0.15, 0.2) is 5.52 Å². The van der Waals surface area contributed by atoms with E-state index < -0.39 is 4.92 Å². The number of benzene rings is 2. The smallest absolute Gasteiger partial charge is 0.319 e. The van der Waals surface area contributed by atoms with Crippen molar-refractivity contribution in [2.24, 2.45) is 0 Å². The van der Waals surface area contributed by atoms with E-state index in [1.54, 1.807) is 6.07 Å². The van der Waals surface area contributed by atoms with E-state index in [1.165, 1.54) is 6.07 Å². The average Bonchev–Trinajstić information content (AvgIpc) is 2.65. The van der Waals surface area contributed by atoms with Gasteiger partial charge in [0.2, 0.25) is 0 Å². The van der Waals surface area contributed by atoms with Crippen LogP contribution in [-0.4, -0.2) is 22.0 Å². The third-order valence-corrected chi connectivity index (χ3v) is 4.26. The lowest BCUT2D eigenvalue weighted by molar-refractivity contribution is -0.383. The number of nitrogens with zero attached hydrogens (tertiary/aromatic N) is 2. The van der Waals surface area contributed by atoms with Crippen molar-refractivity contribution in [2.75, 3.05) is 10.6 Å². The third kappa shape index (κ3) is 4.98. The Morgan fingerprint density at radius 1 is 1.17 bits per heavy atom. The van der Waals surface area contributed by atoms with Gasteiger partial charge in [0.1, 0.15) is 0 Å². The number of aryl methyl sites for hydroxylation is 1. The van der Waals surface area contributed by atoms with E-state index in [2.05, 4.69) is 20.9 Å².